The maximum atomic E-state index is 12.3. The van der Waals surface area contributed by atoms with E-state index in [9.17, 15) is 4.79 Å². The third-order valence-electron chi connectivity index (χ3n) is 3.89. The average Bonchev–Trinajstić information content (AvgIpc) is 2.87. The summed E-state index contributed by atoms with van der Waals surface area (Å²) in [5, 5.41) is 0. The Bertz CT molecular complexity index is 499. The maximum absolute atomic E-state index is 12.3. The standard InChI is InChI=1S/C15H24N4O/c1-17(2)12-7-8-19(10-12)14-9-11(16)5-6-13(14)15(20)18(3)4/h5-6,9,12H,7-8,10,16H2,1-4H3. The predicted molar refractivity (Wildman–Crippen MR) is 83.2 cm³/mol. The Morgan fingerprint density at radius 1 is 1.30 bits per heavy atom. The van der Waals surface area contributed by atoms with Gasteiger partial charge in [0, 0.05) is 38.9 Å². The second-order valence-corrected chi connectivity index (χ2v) is 5.83. The minimum absolute atomic E-state index is 0.0216. The second kappa shape index (κ2) is 5.71. The first-order valence-electron chi connectivity index (χ1n) is 6.92. The van der Waals surface area contributed by atoms with Gasteiger partial charge in [-0.15, -0.1) is 0 Å². The van der Waals surface area contributed by atoms with Crippen molar-refractivity contribution < 1.29 is 4.79 Å². The van der Waals surface area contributed by atoms with Crippen LogP contribution >= 0.6 is 0 Å². The molecule has 5 nitrogen and oxygen atoms in total. The molecular weight excluding hydrogens is 252 g/mol. The van der Waals surface area contributed by atoms with Gasteiger partial charge in [0.15, 0.2) is 0 Å². The van der Waals surface area contributed by atoms with Crippen LogP contribution in [0, 0.1) is 0 Å². The summed E-state index contributed by atoms with van der Waals surface area (Å²) in [6.45, 7) is 1.89. The van der Waals surface area contributed by atoms with E-state index in [-0.39, 0.29) is 5.91 Å². The zero-order valence-electron chi connectivity index (χ0n) is 12.8. The highest BCUT2D eigenvalue weighted by molar-refractivity contribution is 6.00. The third-order valence-corrected chi connectivity index (χ3v) is 3.89. The van der Waals surface area contributed by atoms with Crippen LogP contribution in [0.25, 0.3) is 0 Å². The lowest BCUT2D eigenvalue weighted by Crippen LogP contribution is -2.32. The number of carbonyl (C=O) groups excluding carboxylic acids is 1. The van der Waals surface area contributed by atoms with Crippen LogP contribution in [0.4, 0.5) is 11.4 Å². The molecule has 0 saturated carbocycles. The number of hydrogen-bond donors (Lipinski definition) is 1. The van der Waals surface area contributed by atoms with E-state index in [1.165, 1.54) is 0 Å². The highest BCUT2D eigenvalue weighted by Gasteiger charge is 2.27. The minimum Gasteiger partial charge on any atom is -0.399 e. The lowest BCUT2D eigenvalue weighted by Gasteiger charge is -2.25. The summed E-state index contributed by atoms with van der Waals surface area (Å²) in [7, 11) is 7.74. The predicted octanol–water partition coefficient (Wildman–Crippen LogP) is 1.11. The van der Waals surface area contributed by atoms with E-state index in [1.807, 2.05) is 12.1 Å². The lowest BCUT2D eigenvalue weighted by atomic mass is 10.1. The van der Waals surface area contributed by atoms with Gasteiger partial charge < -0.3 is 20.4 Å². The molecule has 0 aromatic heterocycles. The first-order valence-corrected chi connectivity index (χ1v) is 6.92. The molecule has 1 atom stereocenters. The highest BCUT2D eigenvalue weighted by atomic mass is 16.2. The van der Waals surface area contributed by atoms with E-state index in [2.05, 4.69) is 23.9 Å². The molecule has 1 unspecified atom stereocenters. The minimum atomic E-state index is 0.0216. The monoisotopic (exact) mass is 276 g/mol. The molecule has 1 amide bonds. The topological polar surface area (TPSA) is 52.8 Å². The molecule has 2 N–H and O–H groups in total. The van der Waals surface area contributed by atoms with Crippen molar-refractivity contribution in [2.24, 2.45) is 0 Å². The number of benzene rings is 1. The highest BCUT2D eigenvalue weighted by Crippen LogP contribution is 2.28. The summed E-state index contributed by atoms with van der Waals surface area (Å²) in [5.74, 6) is 0.0216. The van der Waals surface area contributed by atoms with Gasteiger partial charge in [-0.2, -0.15) is 0 Å². The van der Waals surface area contributed by atoms with Crippen LogP contribution in [0.2, 0.25) is 0 Å². The largest absolute Gasteiger partial charge is 0.399 e. The molecule has 5 heteroatoms. The molecule has 110 valence electrons. The van der Waals surface area contributed by atoms with Crippen LogP contribution in [0.1, 0.15) is 16.8 Å². The van der Waals surface area contributed by atoms with Crippen LogP contribution in [0.3, 0.4) is 0 Å². The molecule has 1 saturated heterocycles. The molecule has 20 heavy (non-hydrogen) atoms. The van der Waals surface area contributed by atoms with Crippen molar-refractivity contribution in [3.05, 3.63) is 23.8 Å². The van der Waals surface area contributed by atoms with Gasteiger partial charge in [-0.3, -0.25) is 4.79 Å². The molecule has 0 bridgehead atoms. The number of rotatable bonds is 3. The summed E-state index contributed by atoms with van der Waals surface area (Å²) in [6, 6.07) is 6.06. The number of nitrogens with zero attached hydrogens (tertiary/aromatic N) is 3. The first kappa shape index (κ1) is 14.7. The summed E-state index contributed by atoms with van der Waals surface area (Å²) in [6.07, 6.45) is 1.11. The van der Waals surface area contributed by atoms with E-state index in [4.69, 9.17) is 5.73 Å². The normalized spacial score (nSPS) is 18.6. The Morgan fingerprint density at radius 3 is 2.55 bits per heavy atom. The molecule has 1 aromatic carbocycles. The fourth-order valence-electron chi connectivity index (χ4n) is 2.61. The van der Waals surface area contributed by atoms with Crippen molar-refractivity contribution in [3.8, 4) is 0 Å². The molecule has 2 rings (SSSR count). The van der Waals surface area contributed by atoms with Crippen molar-refractivity contribution in [2.75, 3.05) is 51.9 Å². The van der Waals surface area contributed by atoms with Gasteiger partial charge >= 0.3 is 0 Å². The van der Waals surface area contributed by atoms with E-state index in [1.54, 1.807) is 25.1 Å². The van der Waals surface area contributed by atoms with Crippen molar-refractivity contribution >= 4 is 17.3 Å². The number of nitrogen functional groups attached to an aromatic ring is 1. The Hall–Kier alpha value is -1.75. The quantitative estimate of drug-likeness (QED) is 0.840. The van der Waals surface area contributed by atoms with Crippen molar-refractivity contribution in [3.63, 3.8) is 0 Å². The molecular formula is C15H24N4O. The number of carbonyl (C=O) groups is 1. The smallest absolute Gasteiger partial charge is 0.255 e. The number of nitrogens with two attached hydrogens (primary N) is 1. The fraction of sp³-hybridized carbons (Fsp3) is 0.533. The lowest BCUT2D eigenvalue weighted by molar-refractivity contribution is 0.0828. The number of anilines is 2. The molecule has 1 fully saturated rings. The second-order valence-electron chi connectivity index (χ2n) is 5.83. The number of hydrogen-bond acceptors (Lipinski definition) is 4. The van der Waals surface area contributed by atoms with Crippen LogP contribution in [0.15, 0.2) is 18.2 Å². The first-order chi connectivity index (χ1) is 9.40. The average molecular weight is 276 g/mol. The van der Waals surface area contributed by atoms with Gasteiger partial charge in [0.05, 0.1) is 11.3 Å². The van der Waals surface area contributed by atoms with E-state index >= 15 is 0 Å². The molecule has 0 spiro atoms. The van der Waals surface area contributed by atoms with E-state index in [0.717, 1.165) is 30.8 Å². The van der Waals surface area contributed by atoms with E-state index in [0.29, 0.717) is 11.7 Å². The summed E-state index contributed by atoms with van der Waals surface area (Å²) < 4.78 is 0. The molecule has 0 radical (unpaired) electrons. The van der Waals surface area contributed by atoms with Crippen molar-refractivity contribution in [1.29, 1.82) is 0 Å². The Labute approximate surface area is 120 Å². The van der Waals surface area contributed by atoms with E-state index < -0.39 is 0 Å². The van der Waals surface area contributed by atoms with Crippen LogP contribution in [-0.4, -0.2) is 63.0 Å². The summed E-state index contributed by atoms with van der Waals surface area (Å²) in [5.41, 5.74) is 8.28. The van der Waals surface area contributed by atoms with Gasteiger partial charge in [-0.25, -0.2) is 0 Å². The van der Waals surface area contributed by atoms with Crippen LogP contribution in [-0.2, 0) is 0 Å². The Balaban J connectivity index is 2.31. The van der Waals surface area contributed by atoms with Crippen LogP contribution < -0.4 is 10.6 Å². The zero-order chi connectivity index (χ0) is 14.9. The summed E-state index contributed by atoms with van der Waals surface area (Å²) >= 11 is 0. The van der Waals surface area contributed by atoms with Gasteiger partial charge in [-0.1, -0.05) is 0 Å². The third kappa shape index (κ3) is 2.88. The number of amides is 1. The van der Waals surface area contributed by atoms with Gasteiger partial charge in [0.25, 0.3) is 5.91 Å². The zero-order valence-corrected chi connectivity index (χ0v) is 12.8. The molecule has 1 aliphatic heterocycles. The summed E-state index contributed by atoms with van der Waals surface area (Å²) in [4.78, 5) is 18.4. The van der Waals surface area contributed by atoms with Gasteiger partial charge in [-0.05, 0) is 38.7 Å². The van der Waals surface area contributed by atoms with Crippen LogP contribution in [0.5, 0.6) is 0 Å². The molecule has 1 aromatic rings. The maximum Gasteiger partial charge on any atom is 0.255 e. The molecule has 1 aliphatic rings. The Kier molecular flexibility index (Phi) is 4.18. The SMILES string of the molecule is CN(C)C(=O)c1ccc(N)cc1N1CCC(N(C)C)C1. The Morgan fingerprint density at radius 2 is 2.00 bits per heavy atom. The van der Waals surface area contributed by atoms with Crippen molar-refractivity contribution in [1.82, 2.24) is 9.80 Å². The van der Waals surface area contributed by atoms with Gasteiger partial charge in [0.2, 0.25) is 0 Å². The molecule has 1 heterocycles. The fourth-order valence-corrected chi connectivity index (χ4v) is 2.61. The van der Waals surface area contributed by atoms with Crippen molar-refractivity contribution in [2.45, 2.75) is 12.5 Å². The molecule has 0 aliphatic carbocycles. The van der Waals surface area contributed by atoms with Gasteiger partial charge in [0.1, 0.15) is 0 Å². The number of likely N-dealkylation sites (N-methyl/N-ethyl adjacent to an activating group) is 1.